The lowest BCUT2D eigenvalue weighted by Crippen LogP contribution is -2.29. The van der Waals surface area contributed by atoms with E-state index in [0.717, 1.165) is 19.3 Å². The van der Waals surface area contributed by atoms with Crippen LogP contribution in [0.4, 0.5) is 0 Å². The van der Waals surface area contributed by atoms with E-state index in [1.54, 1.807) is 0 Å². The Morgan fingerprint density at radius 2 is 1.12 bits per heavy atom. The highest BCUT2D eigenvalue weighted by Crippen LogP contribution is 2.35. The SMILES string of the molecule is CCCCCCCCCCCCCCCCCC(=O)OC(COC(=O)CCC)COP(=O)(O)O. The van der Waals surface area contributed by atoms with Crippen molar-refractivity contribution in [3.63, 3.8) is 0 Å². The van der Waals surface area contributed by atoms with E-state index in [-0.39, 0.29) is 19.4 Å². The zero-order valence-corrected chi connectivity index (χ0v) is 22.4. The third-order valence-electron chi connectivity index (χ3n) is 5.60. The first-order chi connectivity index (χ1) is 16.3. The second-order valence-corrected chi connectivity index (χ2v) is 10.3. The van der Waals surface area contributed by atoms with Crippen LogP contribution in [0, 0.1) is 0 Å². The van der Waals surface area contributed by atoms with Crippen LogP contribution in [-0.2, 0) is 28.2 Å². The minimum absolute atomic E-state index is 0.216. The Balaban J connectivity index is 3.79. The molecule has 0 bridgehead atoms. The maximum Gasteiger partial charge on any atom is 0.469 e. The van der Waals surface area contributed by atoms with Crippen LogP contribution in [0.15, 0.2) is 0 Å². The smallest absolute Gasteiger partial charge is 0.462 e. The van der Waals surface area contributed by atoms with Gasteiger partial charge in [-0.05, 0) is 12.8 Å². The molecule has 0 saturated heterocycles. The topological polar surface area (TPSA) is 119 Å². The highest BCUT2D eigenvalue weighted by molar-refractivity contribution is 7.46. The molecular weight excluding hydrogens is 459 g/mol. The maximum atomic E-state index is 12.1. The third kappa shape index (κ3) is 24.2. The van der Waals surface area contributed by atoms with Gasteiger partial charge in [0.1, 0.15) is 6.61 Å². The van der Waals surface area contributed by atoms with Gasteiger partial charge in [0.05, 0.1) is 6.61 Å². The Bertz CT molecular complexity index is 549. The van der Waals surface area contributed by atoms with Crippen LogP contribution >= 0.6 is 7.82 Å². The third-order valence-corrected chi connectivity index (χ3v) is 6.08. The largest absolute Gasteiger partial charge is 0.469 e. The van der Waals surface area contributed by atoms with E-state index < -0.39 is 32.5 Å². The molecule has 0 saturated carbocycles. The highest BCUT2D eigenvalue weighted by atomic mass is 31.2. The van der Waals surface area contributed by atoms with Crippen molar-refractivity contribution >= 4 is 19.8 Å². The van der Waals surface area contributed by atoms with Crippen LogP contribution in [0.3, 0.4) is 0 Å². The van der Waals surface area contributed by atoms with Crippen LogP contribution < -0.4 is 0 Å². The summed E-state index contributed by atoms with van der Waals surface area (Å²) in [6.07, 6.45) is 18.6. The fraction of sp³-hybridized carbons (Fsp3) is 0.920. The molecule has 8 nitrogen and oxygen atoms in total. The van der Waals surface area contributed by atoms with E-state index in [9.17, 15) is 14.2 Å². The van der Waals surface area contributed by atoms with Gasteiger partial charge in [-0.15, -0.1) is 0 Å². The summed E-state index contributed by atoms with van der Waals surface area (Å²) in [6, 6.07) is 0. The van der Waals surface area contributed by atoms with Crippen molar-refractivity contribution in [1.29, 1.82) is 0 Å². The average molecular weight is 509 g/mol. The zero-order valence-electron chi connectivity index (χ0n) is 21.5. The summed E-state index contributed by atoms with van der Waals surface area (Å²) in [5.74, 6) is -0.942. The molecule has 1 atom stereocenters. The normalized spacial score (nSPS) is 12.5. The Labute approximate surface area is 206 Å². The number of phosphoric ester groups is 1. The van der Waals surface area contributed by atoms with Crippen LogP contribution in [0.2, 0.25) is 0 Å². The molecule has 0 amide bonds. The van der Waals surface area contributed by atoms with E-state index in [4.69, 9.17) is 19.3 Å². The Morgan fingerprint density at radius 3 is 1.56 bits per heavy atom. The molecule has 202 valence electrons. The van der Waals surface area contributed by atoms with Crippen molar-refractivity contribution in [1.82, 2.24) is 0 Å². The molecule has 0 aromatic heterocycles. The number of phosphoric acid groups is 1. The molecule has 2 N–H and O–H groups in total. The van der Waals surface area contributed by atoms with Gasteiger partial charge in [0, 0.05) is 12.8 Å². The van der Waals surface area contributed by atoms with E-state index in [2.05, 4.69) is 11.4 Å². The van der Waals surface area contributed by atoms with Gasteiger partial charge in [0.2, 0.25) is 0 Å². The molecule has 0 aliphatic heterocycles. The maximum absolute atomic E-state index is 12.1. The summed E-state index contributed by atoms with van der Waals surface area (Å²) in [5, 5.41) is 0. The number of carbonyl (C=O) groups is 2. The van der Waals surface area contributed by atoms with E-state index in [1.807, 2.05) is 6.92 Å². The summed E-state index contributed by atoms with van der Waals surface area (Å²) >= 11 is 0. The van der Waals surface area contributed by atoms with Gasteiger partial charge in [-0.25, -0.2) is 4.57 Å². The minimum Gasteiger partial charge on any atom is -0.462 e. The van der Waals surface area contributed by atoms with Gasteiger partial charge in [0.25, 0.3) is 0 Å². The van der Waals surface area contributed by atoms with Gasteiger partial charge in [-0.2, -0.15) is 0 Å². The van der Waals surface area contributed by atoms with Crippen molar-refractivity contribution in [2.24, 2.45) is 0 Å². The number of hydrogen-bond donors (Lipinski definition) is 2. The molecule has 0 aliphatic carbocycles. The summed E-state index contributed by atoms with van der Waals surface area (Å²) in [7, 11) is -4.71. The highest BCUT2D eigenvalue weighted by Gasteiger charge is 2.22. The molecule has 9 heteroatoms. The summed E-state index contributed by atoms with van der Waals surface area (Å²) < 4.78 is 25.5. The van der Waals surface area contributed by atoms with E-state index in [0.29, 0.717) is 12.8 Å². The molecule has 0 heterocycles. The number of esters is 2. The van der Waals surface area contributed by atoms with Crippen LogP contribution in [0.1, 0.15) is 129 Å². The summed E-state index contributed by atoms with van der Waals surface area (Å²) in [6.45, 7) is 3.25. The Morgan fingerprint density at radius 1 is 0.647 bits per heavy atom. The van der Waals surface area contributed by atoms with Gasteiger partial charge in [-0.1, -0.05) is 104 Å². The number of unbranched alkanes of at least 4 members (excludes halogenated alkanes) is 14. The van der Waals surface area contributed by atoms with Crippen LogP contribution in [0.25, 0.3) is 0 Å². The average Bonchev–Trinajstić information content (AvgIpc) is 2.78. The molecule has 34 heavy (non-hydrogen) atoms. The first-order valence-corrected chi connectivity index (χ1v) is 14.9. The summed E-state index contributed by atoms with van der Waals surface area (Å²) in [4.78, 5) is 41.3. The molecule has 0 fully saturated rings. The predicted molar refractivity (Wildman–Crippen MR) is 133 cm³/mol. The van der Waals surface area contributed by atoms with Gasteiger partial charge >= 0.3 is 19.8 Å². The number of ether oxygens (including phenoxy) is 2. The van der Waals surface area contributed by atoms with Gasteiger partial charge < -0.3 is 19.3 Å². The molecule has 0 aromatic rings. The fourth-order valence-corrected chi connectivity index (χ4v) is 4.00. The molecule has 0 spiro atoms. The molecule has 0 aliphatic rings. The first kappa shape index (κ1) is 33.0. The Kier molecular flexibility index (Phi) is 21.9. The van der Waals surface area contributed by atoms with Gasteiger partial charge in [-0.3, -0.25) is 14.1 Å². The van der Waals surface area contributed by atoms with E-state index >= 15 is 0 Å². The second-order valence-electron chi connectivity index (χ2n) is 9.03. The lowest BCUT2D eigenvalue weighted by Gasteiger charge is -2.18. The lowest BCUT2D eigenvalue weighted by molar-refractivity contribution is -0.161. The number of carbonyl (C=O) groups excluding carboxylic acids is 2. The van der Waals surface area contributed by atoms with Crippen molar-refractivity contribution in [2.75, 3.05) is 13.2 Å². The molecule has 1 unspecified atom stereocenters. The number of rotatable bonds is 24. The molecular formula is C25H49O8P. The van der Waals surface area contributed by atoms with Gasteiger partial charge in [0.15, 0.2) is 6.10 Å². The molecule has 0 aromatic carbocycles. The van der Waals surface area contributed by atoms with Crippen molar-refractivity contribution in [3.05, 3.63) is 0 Å². The quantitative estimate of drug-likeness (QED) is 0.0849. The number of hydrogen-bond acceptors (Lipinski definition) is 6. The van der Waals surface area contributed by atoms with Crippen LogP contribution in [0.5, 0.6) is 0 Å². The van der Waals surface area contributed by atoms with Crippen LogP contribution in [-0.4, -0.2) is 41.0 Å². The standard InChI is InChI=1S/C25H49O8P/c1-3-5-6-7-8-9-10-11-12-13-14-15-16-17-18-20-25(27)33-23(22-32-34(28,29)30)21-31-24(26)19-4-2/h23H,3-22H2,1-2H3,(H2,28,29,30). The predicted octanol–water partition coefficient (Wildman–Crippen LogP) is 6.61. The lowest BCUT2D eigenvalue weighted by atomic mass is 10.0. The summed E-state index contributed by atoms with van der Waals surface area (Å²) in [5.41, 5.74) is 0. The fourth-order valence-electron chi connectivity index (χ4n) is 3.64. The first-order valence-electron chi connectivity index (χ1n) is 13.3. The minimum atomic E-state index is -4.71. The Hall–Kier alpha value is -0.950. The zero-order chi connectivity index (χ0) is 25.5. The second kappa shape index (κ2) is 22.5. The van der Waals surface area contributed by atoms with Crippen molar-refractivity contribution in [3.8, 4) is 0 Å². The van der Waals surface area contributed by atoms with Crippen molar-refractivity contribution < 1.29 is 37.9 Å². The molecule has 0 radical (unpaired) electrons. The van der Waals surface area contributed by atoms with Crippen molar-refractivity contribution in [2.45, 2.75) is 136 Å². The molecule has 0 rings (SSSR count). The van der Waals surface area contributed by atoms with E-state index in [1.165, 1.54) is 70.6 Å². The monoisotopic (exact) mass is 508 g/mol.